The fraction of sp³-hybridized carbons (Fsp3) is 0.148. The van der Waals surface area contributed by atoms with Crippen molar-refractivity contribution in [3.63, 3.8) is 0 Å². The number of ether oxygens (including phenoxy) is 2. The lowest BCUT2D eigenvalue weighted by Gasteiger charge is -2.14. The molecule has 0 spiro atoms. The summed E-state index contributed by atoms with van der Waals surface area (Å²) in [5, 5.41) is 3.94. The van der Waals surface area contributed by atoms with Crippen LogP contribution in [-0.4, -0.2) is 29.3 Å². The molecule has 4 rings (SSSR count). The summed E-state index contributed by atoms with van der Waals surface area (Å²) in [6.45, 7) is 3.85. The maximum Gasteiger partial charge on any atom is 0.270 e. The van der Waals surface area contributed by atoms with E-state index in [1.165, 1.54) is 16.7 Å². The minimum Gasteiger partial charge on any atom is -0.490 e. The molecule has 37 heavy (non-hydrogen) atoms. The second-order valence-electron chi connectivity index (χ2n) is 7.88. The Bertz CT molecular complexity index is 1390. The van der Waals surface area contributed by atoms with Crippen molar-refractivity contribution in [2.75, 3.05) is 23.4 Å². The summed E-state index contributed by atoms with van der Waals surface area (Å²) >= 11 is 18.7. The van der Waals surface area contributed by atoms with E-state index in [1.54, 1.807) is 66.7 Å². The number of rotatable bonds is 8. The lowest BCUT2D eigenvalue weighted by Crippen LogP contribution is -2.27. The number of hydrogen-bond donors (Lipinski definition) is 1. The van der Waals surface area contributed by atoms with Gasteiger partial charge >= 0.3 is 0 Å². The number of halogens is 2. The van der Waals surface area contributed by atoms with E-state index < -0.39 is 0 Å². The van der Waals surface area contributed by atoms with E-state index in [-0.39, 0.29) is 18.4 Å². The van der Waals surface area contributed by atoms with Gasteiger partial charge in [0.15, 0.2) is 22.4 Å². The Hall–Kier alpha value is -3.04. The zero-order chi connectivity index (χ0) is 26.5. The number of nitrogens with zero attached hydrogens (tertiary/aromatic N) is 1. The molecular weight excluding hydrogens is 551 g/mol. The van der Waals surface area contributed by atoms with Gasteiger partial charge in [0.2, 0.25) is 0 Å². The van der Waals surface area contributed by atoms with Crippen molar-refractivity contribution in [2.24, 2.45) is 0 Å². The number of nitrogens with one attached hydrogen (secondary N) is 1. The fourth-order valence-corrected chi connectivity index (χ4v) is 5.11. The molecule has 190 valence electrons. The molecule has 0 unspecified atom stereocenters. The van der Waals surface area contributed by atoms with Crippen LogP contribution < -0.4 is 19.7 Å². The van der Waals surface area contributed by atoms with Crippen LogP contribution in [0.3, 0.4) is 0 Å². The van der Waals surface area contributed by atoms with Crippen LogP contribution in [0.2, 0.25) is 10.0 Å². The first kappa shape index (κ1) is 27.0. The predicted octanol–water partition coefficient (Wildman–Crippen LogP) is 7.12. The van der Waals surface area contributed by atoms with Gasteiger partial charge in [0, 0.05) is 15.7 Å². The molecule has 0 saturated carbocycles. The fourth-order valence-electron chi connectivity index (χ4n) is 3.51. The Labute approximate surface area is 234 Å². The largest absolute Gasteiger partial charge is 0.490 e. The second-order valence-corrected chi connectivity index (χ2v) is 10.4. The standard InChI is InChI=1S/C27H22Cl2N2O4S2/c1-3-34-23-13-17(14-24-26(33)31(27(36)37-24)19-10-8-18(28)9-11-19)7-12-22(23)35-15-25(32)30-21-6-4-5-20(29)16(21)2/h4-14H,3,15H2,1-2H3,(H,30,32)/b24-14-. The van der Waals surface area contributed by atoms with E-state index >= 15 is 0 Å². The molecule has 1 saturated heterocycles. The van der Waals surface area contributed by atoms with E-state index in [1.807, 2.05) is 13.8 Å². The van der Waals surface area contributed by atoms with Crippen LogP contribution in [0.4, 0.5) is 11.4 Å². The van der Waals surface area contributed by atoms with Crippen LogP contribution in [0.15, 0.2) is 65.6 Å². The highest BCUT2D eigenvalue weighted by Crippen LogP contribution is 2.37. The van der Waals surface area contributed by atoms with Gasteiger partial charge in [-0.25, -0.2) is 0 Å². The van der Waals surface area contributed by atoms with E-state index in [0.29, 0.717) is 48.8 Å². The molecule has 1 N–H and O–H groups in total. The van der Waals surface area contributed by atoms with Crippen LogP contribution in [0.25, 0.3) is 6.08 Å². The Morgan fingerprint density at radius 1 is 1.08 bits per heavy atom. The number of anilines is 2. The molecule has 0 radical (unpaired) electrons. The summed E-state index contributed by atoms with van der Waals surface area (Å²) in [4.78, 5) is 27.5. The molecule has 10 heteroatoms. The van der Waals surface area contributed by atoms with Crippen molar-refractivity contribution in [3.8, 4) is 11.5 Å². The number of amides is 2. The topological polar surface area (TPSA) is 67.9 Å². The van der Waals surface area contributed by atoms with Crippen molar-refractivity contribution >= 4 is 80.8 Å². The first-order valence-corrected chi connectivity index (χ1v) is 13.2. The number of hydrogen-bond acceptors (Lipinski definition) is 6. The van der Waals surface area contributed by atoms with E-state index in [0.717, 1.165) is 11.1 Å². The van der Waals surface area contributed by atoms with Gasteiger partial charge in [0.25, 0.3) is 11.8 Å². The lowest BCUT2D eigenvalue weighted by atomic mass is 10.1. The van der Waals surface area contributed by atoms with Crippen LogP contribution >= 0.6 is 47.2 Å². The molecule has 0 aromatic heterocycles. The van der Waals surface area contributed by atoms with Gasteiger partial charge < -0.3 is 14.8 Å². The number of benzene rings is 3. The molecule has 1 fully saturated rings. The Morgan fingerprint density at radius 2 is 1.84 bits per heavy atom. The van der Waals surface area contributed by atoms with Crippen molar-refractivity contribution in [1.29, 1.82) is 0 Å². The van der Waals surface area contributed by atoms with Gasteiger partial charge in [-0.1, -0.05) is 59.3 Å². The average Bonchev–Trinajstić information content (AvgIpc) is 3.14. The van der Waals surface area contributed by atoms with Gasteiger partial charge in [0.05, 0.1) is 17.2 Å². The number of carbonyl (C=O) groups excluding carboxylic acids is 2. The summed E-state index contributed by atoms with van der Waals surface area (Å²) in [6.07, 6.45) is 1.75. The quantitative estimate of drug-likeness (QED) is 0.229. The summed E-state index contributed by atoms with van der Waals surface area (Å²) < 4.78 is 11.9. The first-order valence-electron chi connectivity index (χ1n) is 11.2. The minimum absolute atomic E-state index is 0.217. The summed E-state index contributed by atoms with van der Waals surface area (Å²) in [5.74, 6) is 0.313. The summed E-state index contributed by atoms with van der Waals surface area (Å²) in [6, 6.07) is 17.5. The molecule has 1 aliphatic rings. The minimum atomic E-state index is -0.331. The first-order chi connectivity index (χ1) is 17.8. The maximum absolute atomic E-state index is 13.1. The van der Waals surface area contributed by atoms with E-state index in [2.05, 4.69) is 5.32 Å². The van der Waals surface area contributed by atoms with Crippen LogP contribution in [-0.2, 0) is 9.59 Å². The predicted molar refractivity (Wildman–Crippen MR) is 155 cm³/mol. The maximum atomic E-state index is 13.1. The normalized spacial score (nSPS) is 14.3. The zero-order valence-corrected chi connectivity index (χ0v) is 23.1. The molecule has 0 bridgehead atoms. The van der Waals surface area contributed by atoms with Gasteiger partial charge in [0.1, 0.15) is 0 Å². The monoisotopic (exact) mass is 572 g/mol. The lowest BCUT2D eigenvalue weighted by molar-refractivity contribution is -0.118. The average molecular weight is 574 g/mol. The number of carbonyl (C=O) groups is 2. The Balaban J connectivity index is 1.48. The van der Waals surface area contributed by atoms with Crippen LogP contribution in [0, 0.1) is 6.92 Å². The molecule has 0 aliphatic carbocycles. The van der Waals surface area contributed by atoms with Gasteiger partial charge in [-0.15, -0.1) is 0 Å². The molecule has 3 aromatic rings. The molecule has 2 amide bonds. The molecular formula is C27H22Cl2N2O4S2. The van der Waals surface area contributed by atoms with E-state index in [9.17, 15) is 9.59 Å². The third-order valence-electron chi connectivity index (χ3n) is 5.34. The molecule has 1 aliphatic heterocycles. The van der Waals surface area contributed by atoms with Crippen molar-refractivity contribution < 1.29 is 19.1 Å². The Morgan fingerprint density at radius 3 is 2.57 bits per heavy atom. The Kier molecular flexibility index (Phi) is 8.76. The number of thiocarbonyl (C=S) groups is 1. The molecule has 1 heterocycles. The van der Waals surface area contributed by atoms with Crippen LogP contribution in [0.5, 0.6) is 11.5 Å². The highest BCUT2D eigenvalue weighted by Gasteiger charge is 2.33. The number of thioether (sulfide) groups is 1. The second kappa shape index (κ2) is 12.0. The van der Waals surface area contributed by atoms with Gasteiger partial charge in [-0.3, -0.25) is 14.5 Å². The van der Waals surface area contributed by atoms with Crippen molar-refractivity contribution in [2.45, 2.75) is 13.8 Å². The van der Waals surface area contributed by atoms with Crippen LogP contribution in [0.1, 0.15) is 18.1 Å². The van der Waals surface area contributed by atoms with Crippen molar-refractivity contribution in [3.05, 3.63) is 86.7 Å². The summed E-state index contributed by atoms with van der Waals surface area (Å²) in [7, 11) is 0. The highest BCUT2D eigenvalue weighted by molar-refractivity contribution is 8.27. The zero-order valence-electron chi connectivity index (χ0n) is 19.9. The van der Waals surface area contributed by atoms with E-state index in [4.69, 9.17) is 44.9 Å². The van der Waals surface area contributed by atoms with Crippen molar-refractivity contribution in [1.82, 2.24) is 0 Å². The third kappa shape index (κ3) is 6.45. The smallest absolute Gasteiger partial charge is 0.270 e. The van der Waals surface area contributed by atoms with Gasteiger partial charge in [-0.05, 0) is 79.6 Å². The molecule has 6 nitrogen and oxygen atoms in total. The van der Waals surface area contributed by atoms with Gasteiger partial charge in [-0.2, -0.15) is 0 Å². The SMILES string of the molecule is CCOc1cc(/C=C2\SC(=S)N(c3ccc(Cl)cc3)C2=O)ccc1OCC(=O)Nc1cccc(Cl)c1C. The molecule has 0 atom stereocenters. The molecule has 3 aromatic carbocycles. The summed E-state index contributed by atoms with van der Waals surface area (Å²) in [5.41, 5.74) is 2.78. The highest BCUT2D eigenvalue weighted by atomic mass is 35.5. The third-order valence-corrected chi connectivity index (χ3v) is 7.31.